The number of imidazole rings is 1. The van der Waals surface area contributed by atoms with Gasteiger partial charge in [-0.15, -0.1) is 0 Å². The number of carbonyl (C=O) groups is 1. The molecular formula is C26H25F2N5O4. The number of ether oxygens (including phenoxy) is 3. The highest BCUT2D eigenvalue weighted by atomic mass is 19.3. The van der Waals surface area contributed by atoms with Crippen LogP contribution in [0.15, 0.2) is 55.2 Å². The lowest BCUT2D eigenvalue weighted by atomic mass is 10.00. The van der Waals surface area contributed by atoms with E-state index in [9.17, 15) is 13.6 Å². The number of ketones is 1. The van der Waals surface area contributed by atoms with Crippen LogP contribution in [-0.2, 0) is 0 Å². The molecule has 1 fully saturated rings. The van der Waals surface area contributed by atoms with Crippen molar-refractivity contribution < 1.29 is 27.8 Å². The van der Waals surface area contributed by atoms with Gasteiger partial charge in [0.25, 0.3) is 0 Å². The topological polar surface area (TPSA) is 99.9 Å². The van der Waals surface area contributed by atoms with Crippen LogP contribution in [-0.4, -0.2) is 52.0 Å². The average Bonchev–Trinajstić information content (AvgIpc) is 3.61. The molecule has 0 amide bonds. The Labute approximate surface area is 211 Å². The smallest absolute Gasteiger partial charge is 0.387 e. The summed E-state index contributed by atoms with van der Waals surface area (Å²) in [4.78, 5) is 25.3. The average molecular weight is 510 g/mol. The zero-order valence-corrected chi connectivity index (χ0v) is 20.1. The molecule has 1 N–H and O–H groups in total. The standard InChI is InChI=1S/C26H25F2N5O4/c1-35-21-11-17(12-22(37-26(27)28)25(21)20(34)10-16-2-3-16)19-14-31-24-13-18(5-8-33(19)24)36-9-7-30-23-4-6-29-15-32-23/h4-6,8,11-16,26H,2-3,7,9-10H2,1H3,(H,29,30,32). The second kappa shape index (κ2) is 10.8. The molecule has 4 aromatic rings. The number of Topliss-reactive ketones (excluding diaryl/α,β-unsaturated/α-hetero) is 1. The summed E-state index contributed by atoms with van der Waals surface area (Å²) in [5.74, 6) is 1.32. The van der Waals surface area contributed by atoms with Gasteiger partial charge in [0.05, 0.1) is 25.5 Å². The van der Waals surface area contributed by atoms with Crippen molar-refractivity contribution in [1.29, 1.82) is 0 Å². The van der Waals surface area contributed by atoms with Crippen LogP contribution >= 0.6 is 0 Å². The third-order valence-electron chi connectivity index (χ3n) is 5.99. The summed E-state index contributed by atoms with van der Waals surface area (Å²) in [7, 11) is 1.40. The molecule has 192 valence electrons. The highest BCUT2D eigenvalue weighted by Gasteiger charge is 2.29. The lowest BCUT2D eigenvalue weighted by molar-refractivity contribution is -0.0502. The van der Waals surface area contributed by atoms with Gasteiger partial charge in [0.15, 0.2) is 5.78 Å². The van der Waals surface area contributed by atoms with E-state index in [1.807, 2.05) is 0 Å². The molecule has 0 spiro atoms. The molecule has 5 rings (SSSR count). The number of carbonyl (C=O) groups excluding carboxylic acids is 1. The number of hydrogen-bond acceptors (Lipinski definition) is 8. The molecule has 3 heterocycles. The molecular weight excluding hydrogens is 484 g/mol. The van der Waals surface area contributed by atoms with Crippen molar-refractivity contribution in [3.63, 3.8) is 0 Å². The molecule has 0 aliphatic heterocycles. The first kappa shape index (κ1) is 24.4. The first-order valence-electron chi connectivity index (χ1n) is 11.8. The third-order valence-corrected chi connectivity index (χ3v) is 5.99. The first-order chi connectivity index (χ1) is 18.0. The number of pyridine rings is 1. The van der Waals surface area contributed by atoms with E-state index in [1.165, 1.54) is 19.5 Å². The molecule has 9 nitrogen and oxygen atoms in total. The summed E-state index contributed by atoms with van der Waals surface area (Å²) in [6.07, 6.45) is 8.70. The van der Waals surface area contributed by atoms with Crippen LogP contribution in [0.5, 0.6) is 17.2 Å². The zero-order valence-electron chi connectivity index (χ0n) is 20.1. The van der Waals surface area contributed by atoms with Gasteiger partial charge >= 0.3 is 6.61 Å². The Kier molecular flexibility index (Phi) is 7.11. The normalized spacial score (nSPS) is 13.1. The Bertz CT molecular complexity index is 1390. The fraction of sp³-hybridized carbons (Fsp3) is 0.308. The largest absolute Gasteiger partial charge is 0.496 e. The van der Waals surface area contributed by atoms with Crippen LogP contribution in [0.4, 0.5) is 14.6 Å². The van der Waals surface area contributed by atoms with E-state index in [4.69, 9.17) is 14.2 Å². The minimum Gasteiger partial charge on any atom is -0.496 e. The quantitative estimate of drug-likeness (QED) is 0.213. The fourth-order valence-corrected chi connectivity index (χ4v) is 4.06. The summed E-state index contributed by atoms with van der Waals surface area (Å²) in [5, 5.41) is 3.14. The summed E-state index contributed by atoms with van der Waals surface area (Å²) < 4.78 is 44.3. The number of halogens is 2. The molecule has 3 aromatic heterocycles. The number of alkyl halides is 2. The Morgan fingerprint density at radius 3 is 2.76 bits per heavy atom. The lowest BCUT2D eigenvalue weighted by Gasteiger charge is -2.16. The predicted molar refractivity (Wildman–Crippen MR) is 132 cm³/mol. The second-order valence-electron chi connectivity index (χ2n) is 8.60. The second-order valence-corrected chi connectivity index (χ2v) is 8.60. The van der Waals surface area contributed by atoms with E-state index in [1.54, 1.807) is 47.3 Å². The van der Waals surface area contributed by atoms with Gasteiger partial charge in [0.1, 0.15) is 47.2 Å². The molecule has 1 aliphatic carbocycles. The van der Waals surface area contributed by atoms with E-state index in [-0.39, 0.29) is 35.2 Å². The maximum Gasteiger partial charge on any atom is 0.387 e. The number of aromatic nitrogens is 4. The summed E-state index contributed by atoms with van der Waals surface area (Å²) in [6.45, 7) is -2.14. The van der Waals surface area contributed by atoms with Crippen LogP contribution in [0.25, 0.3) is 16.9 Å². The molecule has 37 heavy (non-hydrogen) atoms. The molecule has 0 bridgehead atoms. The minimum absolute atomic E-state index is 0.0403. The van der Waals surface area contributed by atoms with Crippen molar-refractivity contribution in [3.05, 3.63) is 60.8 Å². The monoisotopic (exact) mass is 509 g/mol. The number of hydrogen-bond donors (Lipinski definition) is 1. The Hall–Kier alpha value is -4.28. The van der Waals surface area contributed by atoms with E-state index in [0.717, 1.165) is 12.8 Å². The van der Waals surface area contributed by atoms with Crippen LogP contribution in [0.2, 0.25) is 0 Å². The minimum atomic E-state index is -3.09. The lowest BCUT2D eigenvalue weighted by Crippen LogP contribution is -2.12. The number of benzene rings is 1. The number of nitrogens with one attached hydrogen (secondary N) is 1. The van der Waals surface area contributed by atoms with Gasteiger partial charge in [-0.3, -0.25) is 9.20 Å². The Morgan fingerprint density at radius 2 is 2.03 bits per heavy atom. The maximum atomic E-state index is 13.3. The maximum absolute atomic E-state index is 13.3. The van der Waals surface area contributed by atoms with Gasteiger partial charge in [-0.05, 0) is 43.0 Å². The molecule has 0 unspecified atom stereocenters. The van der Waals surface area contributed by atoms with Crippen molar-refractivity contribution in [2.45, 2.75) is 25.9 Å². The molecule has 0 radical (unpaired) electrons. The first-order valence-corrected chi connectivity index (χ1v) is 11.8. The molecule has 11 heteroatoms. The Morgan fingerprint density at radius 1 is 1.19 bits per heavy atom. The van der Waals surface area contributed by atoms with Crippen LogP contribution < -0.4 is 19.5 Å². The van der Waals surface area contributed by atoms with Gasteiger partial charge in [-0.1, -0.05) is 0 Å². The fourth-order valence-electron chi connectivity index (χ4n) is 4.06. The van der Waals surface area contributed by atoms with Gasteiger partial charge in [0.2, 0.25) is 0 Å². The van der Waals surface area contributed by atoms with Gasteiger partial charge in [-0.25, -0.2) is 15.0 Å². The molecule has 1 aliphatic rings. The highest BCUT2D eigenvalue weighted by Crippen LogP contribution is 2.40. The SMILES string of the molecule is COc1cc(-c2cnc3cc(OCCNc4ccncn4)ccn23)cc(OC(F)F)c1C(=O)CC1CC1. The number of methoxy groups -OCH3 is 1. The van der Waals surface area contributed by atoms with E-state index < -0.39 is 6.61 Å². The van der Waals surface area contributed by atoms with Crippen molar-refractivity contribution in [1.82, 2.24) is 19.4 Å². The molecule has 0 saturated heterocycles. The van der Waals surface area contributed by atoms with Crippen molar-refractivity contribution in [2.24, 2.45) is 5.92 Å². The van der Waals surface area contributed by atoms with Crippen molar-refractivity contribution in [3.8, 4) is 28.5 Å². The van der Waals surface area contributed by atoms with Crippen LogP contribution in [0, 0.1) is 5.92 Å². The predicted octanol–water partition coefficient (Wildman–Crippen LogP) is 4.88. The molecule has 1 saturated carbocycles. The number of nitrogens with zero attached hydrogens (tertiary/aromatic N) is 4. The Balaban J connectivity index is 1.37. The molecule has 0 atom stereocenters. The van der Waals surface area contributed by atoms with Crippen molar-refractivity contribution >= 4 is 17.2 Å². The summed E-state index contributed by atoms with van der Waals surface area (Å²) in [5.41, 5.74) is 1.77. The van der Waals surface area contributed by atoms with E-state index in [0.29, 0.717) is 41.6 Å². The van der Waals surface area contributed by atoms with Gasteiger partial charge < -0.3 is 19.5 Å². The van der Waals surface area contributed by atoms with Crippen molar-refractivity contribution in [2.75, 3.05) is 25.6 Å². The number of fused-ring (bicyclic) bond motifs is 1. The highest BCUT2D eigenvalue weighted by molar-refractivity contribution is 6.02. The third kappa shape index (κ3) is 5.76. The van der Waals surface area contributed by atoms with Crippen LogP contribution in [0.1, 0.15) is 29.6 Å². The van der Waals surface area contributed by atoms with Gasteiger partial charge in [-0.2, -0.15) is 8.78 Å². The van der Waals surface area contributed by atoms with E-state index in [2.05, 4.69) is 20.3 Å². The zero-order chi connectivity index (χ0) is 25.8. The molecule has 1 aromatic carbocycles. The van der Waals surface area contributed by atoms with E-state index >= 15 is 0 Å². The van der Waals surface area contributed by atoms with Crippen LogP contribution in [0.3, 0.4) is 0 Å². The summed E-state index contributed by atoms with van der Waals surface area (Å²) >= 11 is 0. The number of rotatable bonds is 12. The summed E-state index contributed by atoms with van der Waals surface area (Å²) in [6, 6.07) is 8.40. The van der Waals surface area contributed by atoms with Gasteiger partial charge in [0, 0.05) is 30.4 Å². The number of anilines is 1.